The monoisotopic (exact) mass is 266 g/mol. The third-order valence-corrected chi connectivity index (χ3v) is 5.30. The minimum atomic E-state index is -0.141. The topological polar surface area (TPSA) is 29.3 Å². The molecular weight excluding hydrogens is 247 g/mol. The Balaban J connectivity index is 1.96. The van der Waals surface area contributed by atoms with Gasteiger partial charge in [0, 0.05) is 18.8 Å². The first kappa shape index (κ1) is 12.3. The lowest BCUT2D eigenvalue weighted by molar-refractivity contribution is 0.373. The molecule has 0 saturated carbocycles. The van der Waals surface area contributed by atoms with Gasteiger partial charge in [-0.3, -0.25) is 0 Å². The second-order valence-corrected chi connectivity index (χ2v) is 6.44. The molecule has 2 N–H and O–H groups in total. The maximum Gasteiger partial charge on any atom is 0.125 e. The number of hydrogen-bond acceptors (Lipinski definition) is 3. The zero-order valence-electron chi connectivity index (χ0n) is 10.5. The van der Waals surface area contributed by atoms with Crippen LogP contribution in [0.1, 0.15) is 18.4 Å². The number of thioether (sulfide) groups is 1. The van der Waals surface area contributed by atoms with Crippen molar-refractivity contribution >= 4 is 17.4 Å². The van der Waals surface area contributed by atoms with Gasteiger partial charge in [-0.05, 0) is 48.5 Å². The van der Waals surface area contributed by atoms with Gasteiger partial charge < -0.3 is 10.6 Å². The molecule has 2 aliphatic rings. The Morgan fingerprint density at radius 2 is 2.11 bits per heavy atom. The van der Waals surface area contributed by atoms with Gasteiger partial charge in [0.25, 0.3) is 0 Å². The van der Waals surface area contributed by atoms with E-state index in [1.807, 2.05) is 17.8 Å². The van der Waals surface area contributed by atoms with Crippen molar-refractivity contribution in [1.82, 2.24) is 0 Å². The Bertz CT molecular complexity index is 443. The summed E-state index contributed by atoms with van der Waals surface area (Å²) in [4.78, 5) is 2.38. The summed E-state index contributed by atoms with van der Waals surface area (Å²) in [6.07, 6.45) is 3.25. The van der Waals surface area contributed by atoms with Crippen LogP contribution in [0.5, 0.6) is 0 Å². The van der Waals surface area contributed by atoms with Gasteiger partial charge in [-0.1, -0.05) is 6.07 Å². The molecule has 3 rings (SSSR count). The normalized spacial score (nSPS) is 22.0. The van der Waals surface area contributed by atoms with Crippen LogP contribution in [0.25, 0.3) is 0 Å². The van der Waals surface area contributed by atoms with Crippen LogP contribution in [-0.2, 0) is 6.42 Å². The molecule has 1 aromatic carbocycles. The molecule has 0 aliphatic carbocycles. The van der Waals surface area contributed by atoms with Crippen molar-refractivity contribution < 1.29 is 4.39 Å². The lowest BCUT2D eigenvalue weighted by Gasteiger charge is -2.45. The molecule has 4 heteroatoms. The number of benzene rings is 1. The molecule has 18 heavy (non-hydrogen) atoms. The van der Waals surface area contributed by atoms with E-state index in [2.05, 4.69) is 4.90 Å². The lowest BCUT2D eigenvalue weighted by Crippen LogP contribution is -2.55. The average molecular weight is 266 g/mol. The molecule has 0 amide bonds. The third kappa shape index (κ3) is 1.91. The number of rotatable bonds is 2. The molecule has 2 aliphatic heterocycles. The average Bonchev–Trinajstić information content (AvgIpc) is 2.83. The largest absolute Gasteiger partial charge is 0.364 e. The summed E-state index contributed by atoms with van der Waals surface area (Å²) in [7, 11) is 0. The van der Waals surface area contributed by atoms with Crippen molar-refractivity contribution in [3.63, 3.8) is 0 Å². The van der Waals surface area contributed by atoms with Crippen molar-refractivity contribution in [2.75, 3.05) is 29.5 Å². The Kier molecular flexibility index (Phi) is 3.24. The fraction of sp³-hybridized carbons (Fsp3) is 0.571. The predicted molar refractivity (Wildman–Crippen MR) is 75.8 cm³/mol. The van der Waals surface area contributed by atoms with E-state index in [-0.39, 0.29) is 11.4 Å². The zero-order valence-corrected chi connectivity index (χ0v) is 11.3. The van der Waals surface area contributed by atoms with E-state index >= 15 is 0 Å². The van der Waals surface area contributed by atoms with Crippen molar-refractivity contribution in [2.24, 2.45) is 5.73 Å². The summed E-state index contributed by atoms with van der Waals surface area (Å²) in [6, 6.07) is 5.17. The summed E-state index contributed by atoms with van der Waals surface area (Å²) in [5.41, 5.74) is 8.47. The van der Waals surface area contributed by atoms with Crippen LogP contribution in [-0.4, -0.2) is 30.1 Å². The van der Waals surface area contributed by atoms with Gasteiger partial charge in [-0.2, -0.15) is 11.8 Å². The van der Waals surface area contributed by atoms with Gasteiger partial charge in [-0.25, -0.2) is 4.39 Å². The first-order valence-electron chi connectivity index (χ1n) is 6.59. The van der Waals surface area contributed by atoms with Crippen molar-refractivity contribution in [1.29, 1.82) is 0 Å². The standard InChI is InChI=1S/C14H19FN2S/c15-12-2-1-11-3-6-17(13(11)9-12)14(10-16)4-7-18-8-5-14/h1-2,9H,3-8,10,16H2. The molecule has 98 valence electrons. The van der Waals surface area contributed by atoms with E-state index in [9.17, 15) is 4.39 Å². The summed E-state index contributed by atoms with van der Waals surface area (Å²) < 4.78 is 13.5. The van der Waals surface area contributed by atoms with Crippen LogP contribution in [0.3, 0.4) is 0 Å². The van der Waals surface area contributed by atoms with Crippen LogP contribution < -0.4 is 10.6 Å². The molecule has 1 fully saturated rings. The van der Waals surface area contributed by atoms with Gasteiger partial charge in [0.1, 0.15) is 5.82 Å². The van der Waals surface area contributed by atoms with Crippen molar-refractivity contribution in [3.8, 4) is 0 Å². The molecule has 0 bridgehead atoms. The van der Waals surface area contributed by atoms with Crippen molar-refractivity contribution in [2.45, 2.75) is 24.8 Å². The van der Waals surface area contributed by atoms with E-state index in [0.717, 1.165) is 31.5 Å². The second kappa shape index (κ2) is 4.74. The lowest BCUT2D eigenvalue weighted by atomic mass is 9.90. The maximum atomic E-state index is 13.5. The van der Waals surface area contributed by atoms with Crippen LogP contribution in [0, 0.1) is 5.82 Å². The molecule has 0 spiro atoms. The van der Waals surface area contributed by atoms with Crippen LogP contribution in [0.4, 0.5) is 10.1 Å². The van der Waals surface area contributed by atoms with E-state index in [4.69, 9.17) is 5.73 Å². The fourth-order valence-corrected chi connectivity index (χ4v) is 4.43. The fourth-order valence-electron chi connectivity index (χ4n) is 3.18. The molecule has 2 nitrogen and oxygen atoms in total. The van der Waals surface area contributed by atoms with Crippen molar-refractivity contribution in [3.05, 3.63) is 29.6 Å². The predicted octanol–water partition coefficient (Wildman–Crippen LogP) is 2.41. The first-order valence-corrected chi connectivity index (χ1v) is 7.74. The van der Waals surface area contributed by atoms with Gasteiger partial charge in [0.05, 0.1) is 5.54 Å². The van der Waals surface area contributed by atoms with E-state index in [1.165, 1.54) is 17.1 Å². The van der Waals surface area contributed by atoms with Gasteiger partial charge in [0.15, 0.2) is 0 Å². The third-order valence-electron chi connectivity index (χ3n) is 4.32. The number of anilines is 1. The molecule has 0 radical (unpaired) electrons. The summed E-state index contributed by atoms with van der Waals surface area (Å²) in [6.45, 7) is 1.66. The van der Waals surface area contributed by atoms with E-state index < -0.39 is 0 Å². The molecule has 1 aromatic rings. The van der Waals surface area contributed by atoms with Crippen LogP contribution >= 0.6 is 11.8 Å². The summed E-state index contributed by atoms with van der Waals surface area (Å²) in [5.74, 6) is 2.19. The summed E-state index contributed by atoms with van der Waals surface area (Å²) >= 11 is 2.00. The van der Waals surface area contributed by atoms with Gasteiger partial charge in [0.2, 0.25) is 0 Å². The SMILES string of the molecule is NCC1(N2CCc3ccc(F)cc32)CCSCC1. The quantitative estimate of drug-likeness (QED) is 0.891. The van der Waals surface area contributed by atoms with Crippen LogP contribution in [0.15, 0.2) is 18.2 Å². The number of nitrogens with two attached hydrogens (primary N) is 1. The highest BCUT2D eigenvalue weighted by Crippen LogP contribution is 2.40. The second-order valence-electron chi connectivity index (χ2n) is 5.22. The van der Waals surface area contributed by atoms with E-state index in [0.29, 0.717) is 6.54 Å². The van der Waals surface area contributed by atoms with E-state index in [1.54, 1.807) is 12.1 Å². The Labute approximate surface area is 112 Å². The molecule has 0 unspecified atom stereocenters. The highest BCUT2D eigenvalue weighted by molar-refractivity contribution is 7.99. The maximum absolute atomic E-state index is 13.5. The molecule has 2 heterocycles. The smallest absolute Gasteiger partial charge is 0.125 e. The Morgan fingerprint density at radius 3 is 2.83 bits per heavy atom. The molecule has 0 aromatic heterocycles. The highest BCUT2D eigenvalue weighted by atomic mass is 32.2. The zero-order chi connectivity index (χ0) is 12.6. The highest BCUT2D eigenvalue weighted by Gasteiger charge is 2.40. The van der Waals surface area contributed by atoms with Gasteiger partial charge in [-0.15, -0.1) is 0 Å². The Morgan fingerprint density at radius 1 is 1.33 bits per heavy atom. The minimum Gasteiger partial charge on any atom is -0.364 e. The molecular formula is C14H19FN2S. The number of halogens is 1. The van der Waals surface area contributed by atoms with Gasteiger partial charge >= 0.3 is 0 Å². The Hall–Kier alpha value is -0.740. The number of hydrogen-bond donors (Lipinski definition) is 1. The molecule has 0 atom stereocenters. The number of nitrogens with zero attached hydrogens (tertiary/aromatic N) is 1. The summed E-state index contributed by atoms with van der Waals surface area (Å²) in [5, 5.41) is 0. The minimum absolute atomic E-state index is 0.0598. The van der Waals surface area contributed by atoms with Crippen LogP contribution in [0.2, 0.25) is 0 Å². The number of fused-ring (bicyclic) bond motifs is 1. The first-order chi connectivity index (χ1) is 8.75. The molecule has 1 saturated heterocycles.